The monoisotopic (exact) mass is 345 g/mol. The number of anilines is 1. The largest absolute Gasteiger partial charge is 0.356 e. The molecule has 0 aliphatic carbocycles. The summed E-state index contributed by atoms with van der Waals surface area (Å²) in [6, 6.07) is 5.21. The van der Waals surface area contributed by atoms with E-state index >= 15 is 0 Å². The number of Topliss-reactive ketones (excluding diaryl/α,β-unsaturated/α-hetero) is 1. The van der Waals surface area contributed by atoms with Crippen LogP contribution in [0.25, 0.3) is 0 Å². The standard InChI is InChI=1S/C18H23N3O4/c1-12(22)19-9-2-10-20-17(24)8-6-16(23)14-3-5-15-13(11-14)4-7-18(25)21-15/h3,5,11H,2,4,6-10H2,1H3,(H,19,22)(H,20,24)(H,21,25). The van der Waals surface area contributed by atoms with Crippen LogP contribution in [0.3, 0.4) is 0 Å². The molecule has 1 aromatic carbocycles. The molecule has 25 heavy (non-hydrogen) atoms. The Labute approximate surface area is 146 Å². The van der Waals surface area contributed by atoms with Crippen molar-refractivity contribution in [3.8, 4) is 0 Å². The van der Waals surface area contributed by atoms with E-state index in [-0.39, 0.29) is 36.3 Å². The zero-order chi connectivity index (χ0) is 18.2. The predicted octanol–water partition coefficient (Wildman–Crippen LogP) is 1.18. The van der Waals surface area contributed by atoms with Crippen LogP contribution in [0, 0.1) is 0 Å². The number of hydrogen-bond donors (Lipinski definition) is 3. The van der Waals surface area contributed by atoms with Gasteiger partial charge in [0.05, 0.1) is 0 Å². The Hall–Kier alpha value is -2.70. The van der Waals surface area contributed by atoms with Crippen LogP contribution in [0.15, 0.2) is 18.2 Å². The van der Waals surface area contributed by atoms with Crippen molar-refractivity contribution in [3.05, 3.63) is 29.3 Å². The van der Waals surface area contributed by atoms with Crippen LogP contribution in [-0.2, 0) is 20.8 Å². The molecule has 3 N–H and O–H groups in total. The van der Waals surface area contributed by atoms with Gasteiger partial charge in [-0.1, -0.05) is 0 Å². The molecule has 0 saturated heterocycles. The summed E-state index contributed by atoms with van der Waals surface area (Å²) in [4.78, 5) is 46.0. The molecule has 1 aromatic rings. The Morgan fingerprint density at radius 3 is 2.60 bits per heavy atom. The maximum absolute atomic E-state index is 12.2. The van der Waals surface area contributed by atoms with Gasteiger partial charge in [-0.05, 0) is 36.6 Å². The van der Waals surface area contributed by atoms with Crippen molar-refractivity contribution in [2.24, 2.45) is 0 Å². The number of hydrogen-bond acceptors (Lipinski definition) is 4. The molecule has 0 fully saturated rings. The minimum atomic E-state index is -0.179. The Morgan fingerprint density at radius 2 is 1.84 bits per heavy atom. The van der Waals surface area contributed by atoms with E-state index in [1.54, 1.807) is 18.2 Å². The van der Waals surface area contributed by atoms with E-state index in [1.807, 2.05) is 0 Å². The molecule has 1 aliphatic rings. The van der Waals surface area contributed by atoms with Crippen LogP contribution in [0.2, 0.25) is 0 Å². The molecule has 0 bridgehead atoms. The lowest BCUT2D eigenvalue weighted by Crippen LogP contribution is -2.29. The summed E-state index contributed by atoms with van der Waals surface area (Å²) in [5.41, 5.74) is 2.27. The van der Waals surface area contributed by atoms with Gasteiger partial charge in [-0.15, -0.1) is 0 Å². The van der Waals surface area contributed by atoms with Gasteiger partial charge in [-0.25, -0.2) is 0 Å². The molecule has 0 saturated carbocycles. The van der Waals surface area contributed by atoms with E-state index in [4.69, 9.17) is 0 Å². The molecule has 1 aliphatic heterocycles. The number of fused-ring (bicyclic) bond motifs is 1. The van der Waals surface area contributed by atoms with Crippen molar-refractivity contribution in [1.29, 1.82) is 0 Å². The molecule has 0 spiro atoms. The molecule has 0 unspecified atom stereocenters. The number of carbonyl (C=O) groups is 4. The SMILES string of the molecule is CC(=O)NCCCNC(=O)CCC(=O)c1ccc2c(c1)CCC(=O)N2. The fourth-order valence-corrected chi connectivity index (χ4v) is 2.60. The van der Waals surface area contributed by atoms with Crippen molar-refractivity contribution >= 4 is 29.2 Å². The van der Waals surface area contributed by atoms with Crippen molar-refractivity contribution in [3.63, 3.8) is 0 Å². The maximum Gasteiger partial charge on any atom is 0.224 e. The molecular weight excluding hydrogens is 322 g/mol. The topological polar surface area (TPSA) is 104 Å². The average molecular weight is 345 g/mol. The highest BCUT2D eigenvalue weighted by Gasteiger charge is 2.17. The number of ketones is 1. The summed E-state index contributed by atoms with van der Waals surface area (Å²) in [5, 5.41) is 8.15. The van der Waals surface area contributed by atoms with Crippen LogP contribution < -0.4 is 16.0 Å². The van der Waals surface area contributed by atoms with Gasteiger partial charge in [0.15, 0.2) is 5.78 Å². The summed E-state index contributed by atoms with van der Waals surface area (Å²) in [7, 11) is 0. The van der Waals surface area contributed by atoms with E-state index < -0.39 is 0 Å². The zero-order valence-electron chi connectivity index (χ0n) is 14.3. The number of amides is 3. The van der Waals surface area contributed by atoms with Gasteiger partial charge in [-0.3, -0.25) is 19.2 Å². The van der Waals surface area contributed by atoms with E-state index in [0.717, 1.165) is 11.3 Å². The molecule has 0 radical (unpaired) electrons. The lowest BCUT2D eigenvalue weighted by Gasteiger charge is -2.17. The van der Waals surface area contributed by atoms with Crippen LogP contribution >= 0.6 is 0 Å². The third-order valence-electron chi connectivity index (χ3n) is 3.95. The first-order valence-corrected chi connectivity index (χ1v) is 8.43. The predicted molar refractivity (Wildman–Crippen MR) is 93.3 cm³/mol. The maximum atomic E-state index is 12.2. The smallest absolute Gasteiger partial charge is 0.224 e. The summed E-state index contributed by atoms with van der Waals surface area (Å²) < 4.78 is 0. The lowest BCUT2D eigenvalue weighted by atomic mass is 9.97. The number of carbonyl (C=O) groups excluding carboxylic acids is 4. The van der Waals surface area contributed by atoms with Crippen LogP contribution in [0.5, 0.6) is 0 Å². The molecule has 3 amide bonds. The van der Waals surface area contributed by atoms with Gasteiger partial charge in [0.1, 0.15) is 0 Å². The minimum Gasteiger partial charge on any atom is -0.356 e. The molecule has 7 nitrogen and oxygen atoms in total. The van der Waals surface area contributed by atoms with Gasteiger partial charge >= 0.3 is 0 Å². The number of aryl methyl sites for hydroxylation is 1. The van der Waals surface area contributed by atoms with Crippen LogP contribution in [-0.4, -0.2) is 36.6 Å². The average Bonchev–Trinajstić information content (AvgIpc) is 2.58. The molecule has 0 atom stereocenters. The minimum absolute atomic E-state index is 0.0123. The van der Waals surface area contributed by atoms with Gasteiger partial charge < -0.3 is 16.0 Å². The van der Waals surface area contributed by atoms with Gasteiger partial charge in [0, 0.05) is 50.5 Å². The second-order valence-electron chi connectivity index (χ2n) is 6.03. The molecule has 0 aromatic heterocycles. The zero-order valence-corrected chi connectivity index (χ0v) is 14.3. The van der Waals surface area contributed by atoms with Crippen molar-refractivity contribution < 1.29 is 19.2 Å². The Bertz CT molecular complexity index is 685. The second kappa shape index (κ2) is 8.96. The Balaban J connectivity index is 1.74. The molecule has 2 rings (SSSR count). The number of benzene rings is 1. The summed E-state index contributed by atoms with van der Waals surface area (Å²) in [6.45, 7) is 2.42. The highest BCUT2D eigenvalue weighted by atomic mass is 16.2. The second-order valence-corrected chi connectivity index (χ2v) is 6.03. The fourth-order valence-electron chi connectivity index (χ4n) is 2.60. The normalized spacial score (nSPS) is 12.8. The first-order valence-electron chi connectivity index (χ1n) is 8.43. The van der Waals surface area contributed by atoms with Crippen molar-refractivity contribution in [2.75, 3.05) is 18.4 Å². The van der Waals surface area contributed by atoms with E-state index in [1.165, 1.54) is 6.92 Å². The van der Waals surface area contributed by atoms with Crippen LogP contribution in [0.4, 0.5) is 5.69 Å². The van der Waals surface area contributed by atoms with Crippen molar-refractivity contribution in [2.45, 2.75) is 39.0 Å². The fraction of sp³-hybridized carbons (Fsp3) is 0.444. The van der Waals surface area contributed by atoms with Gasteiger partial charge in [-0.2, -0.15) is 0 Å². The molecule has 1 heterocycles. The first kappa shape index (κ1) is 18.6. The first-order chi connectivity index (χ1) is 12.0. The van der Waals surface area contributed by atoms with Crippen LogP contribution in [0.1, 0.15) is 48.5 Å². The molecule has 134 valence electrons. The van der Waals surface area contributed by atoms with E-state index in [2.05, 4.69) is 16.0 Å². The Kier molecular flexibility index (Phi) is 6.68. The number of nitrogens with one attached hydrogen (secondary N) is 3. The van der Waals surface area contributed by atoms with Gasteiger partial charge in [0.2, 0.25) is 17.7 Å². The highest BCUT2D eigenvalue weighted by Crippen LogP contribution is 2.24. The Morgan fingerprint density at radius 1 is 1.08 bits per heavy atom. The molecule has 7 heteroatoms. The third-order valence-corrected chi connectivity index (χ3v) is 3.95. The summed E-state index contributed by atoms with van der Waals surface area (Å²) in [6.07, 6.45) is 1.97. The number of rotatable bonds is 8. The highest BCUT2D eigenvalue weighted by molar-refractivity contribution is 6.00. The van der Waals surface area contributed by atoms with Gasteiger partial charge in [0.25, 0.3) is 0 Å². The third kappa shape index (κ3) is 6.02. The van der Waals surface area contributed by atoms with Crippen molar-refractivity contribution in [1.82, 2.24) is 10.6 Å². The summed E-state index contributed by atoms with van der Waals surface area (Å²) >= 11 is 0. The molecular formula is C18H23N3O4. The quantitative estimate of drug-likeness (QED) is 0.486. The summed E-state index contributed by atoms with van der Waals surface area (Å²) in [5.74, 6) is -0.377. The lowest BCUT2D eigenvalue weighted by molar-refractivity contribution is -0.121. The van der Waals surface area contributed by atoms with E-state index in [0.29, 0.717) is 37.9 Å². The van der Waals surface area contributed by atoms with E-state index in [9.17, 15) is 19.2 Å².